The van der Waals surface area contributed by atoms with Crippen LogP contribution in [-0.4, -0.2) is 64.8 Å². The van der Waals surface area contributed by atoms with Crippen LogP contribution in [0.1, 0.15) is 6.23 Å². The molecule has 1 unspecified atom stereocenters. The number of nitrogens with one attached hydrogen (secondary N) is 1. The number of rotatable bonds is 9. The molecule has 13 heteroatoms. The van der Waals surface area contributed by atoms with Crippen molar-refractivity contribution in [2.45, 2.75) is 24.5 Å². The molecule has 0 spiro atoms. The Labute approximate surface area is 142 Å². The molecule has 1 aliphatic heterocycles. The van der Waals surface area contributed by atoms with Crippen molar-refractivity contribution < 1.29 is 33.8 Å². The van der Waals surface area contributed by atoms with Crippen molar-refractivity contribution in [1.82, 2.24) is 9.55 Å². The van der Waals surface area contributed by atoms with Crippen LogP contribution >= 0.6 is 8.53 Å². The first kappa shape index (κ1) is 20.1. The molecule has 0 aliphatic carbocycles. The SMILES string of the molecule is COCCOO[C@@H]1[C@H](O)[C@@H](COP(N)O)O[C@H]1n1ccc(=O)[nH]c1=O. The second kappa shape index (κ2) is 9.48. The fourth-order valence-corrected chi connectivity index (χ4v) is 2.50. The number of aromatic amines is 1. The predicted molar refractivity (Wildman–Crippen MR) is 83.2 cm³/mol. The summed E-state index contributed by atoms with van der Waals surface area (Å²) in [6, 6.07) is 1.12. The Morgan fingerprint density at radius 1 is 1.44 bits per heavy atom. The van der Waals surface area contributed by atoms with Crippen LogP contribution in [0.15, 0.2) is 21.9 Å². The third kappa shape index (κ3) is 5.38. The maximum atomic E-state index is 12.0. The molecular weight excluding hydrogens is 361 g/mol. The van der Waals surface area contributed by atoms with E-state index < -0.39 is 44.3 Å². The molecule has 2 heterocycles. The Balaban J connectivity index is 2.16. The molecule has 1 aliphatic rings. The van der Waals surface area contributed by atoms with Crippen molar-refractivity contribution in [3.63, 3.8) is 0 Å². The molecule has 0 bridgehead atoms. The normalized spacial score (nSPS) is 27.5. The van der Waals surface area contributed by atoms with Crippen LogP contribution in [0.4, 0.5) is 0 Å². The van der Waals surface area contributed by atoms with Crippen molar-refractivity contribution in [2.75, 3.05) is 26.9 Å². The molecule has 12 nitrogen and oxygen atoms in total. The number of methoxy groups -OCH3 is 1. The van der Waals surface area contributed by atoms with Crippen molar-refractivity contribution >= 4 is 8.53 Å². The van der Waals surface area contributed by atoms with Crippen LogP contribution in [0.25, 0.3) is 0 Å². The molecule has 1 saturated heterocycles. The molecule has 25 heavy (non-hydrogen) atoms. The van der Waals surface area contributed by atoms with Gasteiger partial charge in [-0.25, -0.2) is 14.6 Å². The summed E-state index contributed by atoms with van der Waals surface area (Å²) in [7, 11) is -0.662. The summed E-state index contributed by atoms with van der Waals surface area (Å²) in [5.41, 5.74) is 3.82. The Morgan fingerprint density at radius 3 is 2.84 bits per heavy atom. The standard InChI is InChI=1S/C12H20N3O9P/c1-20-4-5-21-24-10-9(17)7(6-22-25(13)19)23-11(10)15-3-2-8(16)14-12(15)18/h2-3,7,9-11,17,19H,4-6,13H2,1H3,(H,14,16,18)/t7-,9-,10-,11-,25?/m1/s1. The molecule has 0 saturated carbocycles. The van der Waals surface area contributed by atoms with Gasteiger partial charge < -0.3 is 24.0 Å². The van der Waals surface area contributed by atoms with Gasteiger partial charge >= 0.3 is 5.69 Å². The summed E-state index contributed by atoms with van der Waals surface area (Å²) in [4.78, 5) is 44.4. The number of nitrogens with two attached hydrogens (primary N) is 1. The second-order valence-corrected chi connectivity index (χ2v) is 5.91. The smallest absolute Gasteiger partial charge is 0.330 e. The van der Waals surface area contributed by atoms with Crippen molar-refractivity contribution in [2.24, 2.45) is 5.50 Å². The number of H-pyrrole nitrogens is 1. The summed E-state index contributed by atoms with van der Waals surface area (Å²) < 4.78 is 16.3. The highest BCUT2D eigenvalue weighted by atomic mass is 31.2. The Kier molecular flexibility index (Phi) is 7.62. The molecule has 142 valence electrons. The van der Waals surface area contributed by atoms with E-state index in [0.717, 1.165) is 10.6 Å². The van der Waals surface area contributed by atoms with E-state index >= 15 is 0 Å². The van der Waals surface area contributed by atoms with Crippen molar-refractivity contribution in [3.8, 4) is 0 Å². The second-order valence-electron chi connectivity index (χ2n) is 5.05. The Morgan fingerprint density at radius 2 is 2.20 bits per heavy atom. The predicted octanol–water partition coefficient (Wildman–Crippen LogP) is -2.05. The van der Waals surface area contributed by atoms with Gasteiger partial charge in [0.25, 0.3) is 5.56 Å². The van der Waals surface area contributed by atoms with Gasteiger partial charge in [-0.3, -0.25) is 19.8 Å². The molecule has 1 fully saturated rings. The molecule has 0 aromatic carbocycles. The highest BCUT2D eigenvalue weighted by molar-refractivity contribution is 7.43. The lowest BCUT2D eigenvalue weighted by Gasteiger charge is -2.20. The number of aromatic nitrogens is 2. The fourth-order valence-electron chi connectivity index (χ4n) is 2.20. The number of aliphatic hydroxyl groups is 1. The summed E-state index contributed by atoms with van der Waals surface area (Å²) in [6.07, 6.45) is -3.19. The van der Waals surface area contributed by atoms with Gasteiger partial charge in [0.15, 0.2) is 12.3 Å². The lowest BCUT2D eigenvalue weighted by Crippen LogP contribution is -2.39. The first-order chi connectivity index (χ1) is 11.9. The van der Waals surface area contributed by atoms with E-state index in [1.807, 2.05) is 0 Å². The highest BCUT2D eigenvalue weighted by Gasteiger charge is 2.47. The number of nitrogens with zero attached hydrogens (tertiary/aromatic N) is 1. The lowest BCUT2D eigenvalue weighted by atomic mass is 10.1. The van der Waals surface area contributed by atoms with Crippen LogP contribution < -0.4 is 16.8 Å². The van der Waals surface area contributed by atoms with Gasteiger partial charge in [0.05, 0.1) is 13.2 Å². The zero-order valence-electron chi connectivity index (χ0n) is 13.3. The van der Waals surface area contributed by atoms with Crippen LogP contribution in [0, 0.1) is 0 Å². The van der Waals surface area contributed by atoms with Gasteiger partial charge in [0.2, 0.25) is 8.53 Å². The van der Waals surface area contributed by atoms with Gasteiger partial charge in [-0.05, 0) is 0 Å². The van der Waals surface area contributed by atoms with E-state index in [0.29, 0.717) is 0 Å². The topological polar surface area (TPSA) is 167 Å². The average Bonchev–Trinajstić information content (AvgIpc) is 2.86. The minimum atomic E-state index is -2.14. The average molecular weight is 381 g/mol. The van der Waals surface area contributed by atoms with E-state index in [9.17, 15) is 14.7 Å². The number of hydrogen-bond donors (Lipinski definition) is 4. The van der Waals surface area contributed by atoms with Crippen LogP contribution in [0.2, 0.25) is 0 Å². The third-order valence-corrected chi connectivity index (χ3v) is 3.77. The molecule has 1 aromatic rings. The number of aliphatic hydroxyl groups excluding tert-OH is 1. The molecular formula is C12H20N3O9P. The first-order valence-corrected chi connectivity index (χ1v) is 8.51. The summed E-state index contributed by atoms with van der Waals surface area (Å²) in [5.74, 6) is 0. The number of ether oxygens (including phenoxy) is 2. The summed E-state index contributed by atoms with van der Waals surface area (Å²) >= 11 is 0. The Bertz CT molecular complexity index is 651. The van der Waals surface area contributed by atoms with Gasteiger partial charge in [0, 0.05) is 19.4 Å². The van der Waals surface area contributed by atoms with E-state index in [2.05, 4.69) is 4.98 Å². The Hall–Kier alpha value is -1.21. The first-order valence-electron chi connectivity index (χ1n) is 7.23. The summed E-state index contributed by atoms with van der Waals surface area (Å²) in [6.45, 7) is 0.104. The number of hydrogen-bond acceptors (Lipinski definition) is 10. The minimum Gasteiger partial charge on any atom is -0.387 e. The third-order valence-electron chi connectivity index (χ3n) is 3.36. The van der Waals surface area contributed by atoms with Crippen molar-refractivity contribution in [3.05, 3.63) is 33.1 Å². The summed E-state index contributed by atoms with van der Waals surface area (Å²) in [5, 5.41) is 10.4. The fraction of sp³-hybridized carbons (Fsp3) is 0.667. The van der Waals surface area contributed by atoms with Crippen molar-refractivity contribution in [1.29, 1.82) is 0 Å². The maximum Gasteiger partial charge on any atom is 0.330 e. The van der Waals surface area contributed by atoms with Gasteiger partial charge in [-0.1, -0.05) is 0 Å². The highest BCUT2D eigenvalue weighted by Crippen LogP contribution is 2.33. The van der Waals surface area contributed by atoms with E-state index in [4.69, 9.17) is 34.2 Å². The maximum absolute atomic E-state index is 12.0. The molecule has 0 radical (unpaired) electrons. The zero-order chi connectivity index (χ0) is 18.4. The van der Waals surface area contributed by atoms with Crippen LogP contribution in [0.5, 0.6) is 0 Å². The molecule has 1 aromatic heterocycles. The largest absolute Gasteiger partial charge is 0.387 e. The van der Waals surface area contributed by atoms with E-state index in [-0.39, 0.29) is 19.8 Å². The van der Waals surface area contributed by atoms with E-state index in [1.165, 1.54) is 13.3 Å². The van der Waals surface area contributed by atoms with Crippen LogP contribution in [-0.2, 0) is 23.8 Å². The van der Waals surface area contributed by atoms with Crippen LogP contribution in [0.3, 0.4) is 0 Å². The quantitative estimate of drug-likeness (QED) is 0.162. The van der Waals surface area contributed by atoms with Gasteiger partial charge in [-0.2, -0.15) is 0 Å². The lowest BCUT2D eigenvalue weighted by molar-refractivity contribution is -0.347. The minimum absolute atomic E-state index is 0.0822. The van der Waals surface area contributed by atoms with E-state index in [1.54, 1.807) is 0 Å². The molecule has 0 amide bonds. The molecule has 5 atom stereocenters. The molecule has 2 rings (SSSR count). The van der Waals surface area contributed by atoms with Gasteiger partial charge in [-0.15, -0.1) is 0 Å². The van der Waals surface area contributed by atoms with Gasteiger partial charge in [0.1, 0.15) is 18.8 Å². The monoisotopic (exact) mass is 381 g/mol. The zero-order valence-corrected chi connectivity index (χ0v) is 14.2. The molecule has 5 N–H and O–H groups in total.